The predicted molar refractivity (Wildman–Crippen MR) is 85.6 cm³/mol. The standard InChI is InChI=1S/C15H29N3O5/c1-8(2)11(7-23-5)17-15(22)13(9(3)4)18-14(21)10(16)6-12(19)20/h8-11,13H,6-7,16H2,1-5H3,(H,17,22)(H,18,21)(H,19,20)/t10-,11+,13-/m0/s1/i/hD. The van der Waals surface area contributed by atoms with Gasteiger partial charge in [-0.2, -0.15) is 0 Å². The van der Waals surface area contributed by atoms with Crippen LogP contribution in [0.1, 0.15) is 34.1 Å². The first-order valence-corrected chi connectivity index (χ1v) is 7.62. The normalized spacial score (nSPS) is 15.7. The number of carboxylic acid groups (broad SMARTS) is 1. The molecule has 3 atom stereocenters. The lowest BCUT2D eigenvalue weighted by atomic mass is 10.00. The molecule has 0 unspecified atom stereocenters. The number of methoxy groups -OCH3 is 1. The molecule has 0 rings (SSSR count). The number of carbonyl (C=O) groups excluding carboxylic acids is 2. The molecule has 0 aliphatic rings. The highest BCUT2D eigenvalue weighted by atomic mass is 16.5. The quantitative estimate of drug-likeness (QED) is 0.411. The lowest BCUT2D eigenvalue weighted by Crippen LogP contribution is -2.56. The van der Waals surface area contributed by atoms with Gasteiger partial charge >= 0.3 is 5.97 Å². The topological polar surface area (TPSA) is 131 Å². The molecular weight excluding hydrogens is 302 g/mol. The van der Waals surface area contributed by atoms with Gasteiger partial charge in [0.2, 0.25) is 11.8 Å². The zero-order valence-electron chi connectivity index (χ0n) is 15.4. The number of hydrogen-bond donors (Lipinski definition) is 4. The lowest BCUT2D eigenvalue weighted by molar-refractivity contribution is -0.139. The Labute approximate surface area is 138 Å². The van der Waals surface area contributed by atoms with Crippen molar-refractivity contribution in [1.29, 1.82) is 0 Å². The molecule has 8 nitrogen and oxygen atoms in total. The maximum absolute atomic E-state index is 12.5. The van der Waals surface area contributed by atoms with Crippen LogP contribution in [0.25, 0.3) is 0 Å². The first kappa shape index (κ1) is 19.4. The molecule has 0 heterocycles. The number of amides is 2. The van der Waals surface area contributed by atoms with Crippen LogP contribution in [-0.2, 0) is 19.1 Å². The van der Waals surface area contributed by atoms with Gasteiger partial charge in [0.25, 0.3) is 0 Å². The molecule has 0 spiro atoms. The van der Waals surface area contributed by atoms with Crippen molar-refractivity contribution in [1.82, 2.24) is 10.6 Å². The van der Waals surface area contributed by atoms with Crippen LogP contribution in [0.5, 0.6) is 0 Å². The van der Waals surface area contributed by atoms with Crippen LogP contribution in [-0.4, -0.2) is 54.7 Å². The van der Waals surface area contributed by atoms with Crippen LogP contribution in [0.3, 0.4) is 0 Å². The van der Waals surface area contributed by atoms with Gasteiger partial charge in [0.1, 0.15) is 7.45 Å². The summed E-state index contributed by atoms with van der Waals surface area (Å²) < 4.78 is 12.2. The van der Waals surface area contributed by atoms with Crippen molar-refractivity contribution in [3.05, 3.63) is 0 Å². The number of nitrogens with one attached hydrogen (secondary N) is 2. The van der Waals surface area contributed by atoms with Crippen molar-refractivity contribution in [2.24, 2.45) is 17.6 Å². The van der Waals surface area contributed by atoms with Gasteiger partial charge in [-0.3, -0.25) is 14.4 Å². The Balaban J connectivity index is 4.98. The summed E-state index contributed by atoms with van der Waals surface area (Å²) in [4.78, 5) is 35.3. The minimum atomic E-state index is -1.23. The second-order valence-corrected chi connectivity index (χ2v) is 6.20. The van der Waals surface area contributed by atoms with E-state index in [1.165, 1.54) is 0 Å². The summed E-state index contributed by atoms with van der Waals surface area (Å²) in [5.74, 6) is -2.34. The first-order chi connectivity index (χ1) is 11.1. The Morgan fingerprint density at radius 1 is 1.13 bits per heavy atom. The minimum absolute atomic E-state index is 0.145. The summed E-state index contributed by atoms with van der Waals surface area (Å²) >= 11 is 0. The molecule has 0 aliphatic heterocycles. The summed E-state index contributed by atoms with van der Waals surface area (Å²) in [6, 6.07) is -2.26. The molecule has 0 saturated heterocycles. The summed E-state index contributed by atoms with van der Waals surface area (Å²) in [6.45, 7) is 7.77. The third-order valence-corrected chi connectivity index (χ3v) is 3.42. The summed E-state index contributed by atoms with van der Waals surface area (Å²) in [5.41, 5.74) is 1.90. The molecule has 0 bridgehead atoms. The lowest BCUT2D eigenvalue weighted by Gasteiger charge is -2.27. The summed E-state index contributed by atoms with van der Waals surface area (Å²) in [5, 5.41) is 14.1. The van der Waals surface area contributed by atoms with Gasteiger partial charge in [0.05, 0.1) is 25.1 Å². The molecule has 0 aromatic heterocycles. The van der Waals surface area contributed by atoms with Crippen molar-refractivity contribution >= 4 is 17.8 Å². The molecule has 5 N–H and O–H groups in total. The fourth-order valence-corrected chi connectivity index (χ4v) is 1.91. The smallest absolute Gasteiger partial charge is 0.305 e. The average Bonchev–Trinajstić information content (AvgIpc) is 2.48. The largest absolute Gasteiger partial charge is 0.481 e. The highest BCUT2D eigenvalue weighted by Crippen LogP contribution is 2.07. The molecule has 0 aromatic rings. The van der Waals surface area contributed by atoms with Gasteiger partial charge in [0, 0.05) is 7.11 Å². The van der Waals surface area contributed by atoms with Crippen LogP contribution >= 0.6 is 0 Å². The van der Waals surface area contributed by atoms with Gasteiger partial charge in [-0.1, -0.05) is 27.7 Å². The molecule has 2 amide bonds. The number of aliphatic carboxylic acids is 1. The van der Waals surface area contributed by atoms with Crippen LogP contribution < -0.4 is 16.4 Å². The minimum Gasteiger partial charge on any atom is -0.481 e. The number of ether oxygens (including phenoxy) is 1. The second kappa shape index (κ2) is 10.2. The highest BCUT2D eigenvalue weighted by molar-refractivity contribution is 5.91. The number of rotatable bonds is 11. The highest BCUT2D eigenvalue weighted by Gasteiger charge is 2.29. The predicted octanol–water partition coefficient (Wildman–Crippen LogP) is -0.284. The van der Waals surface area contributed by atoms with E-state index in [9.17, 15) is 14.4 Å². The van der Waals surface area contributed by atoms with E-state index in [0.717, 1.165) is 0 Å². The van der Waals surface area contributed by atoms with E-state index in [2.05, 4.69) is 10.6 Å². The Morgan fingerprint density at radius 2 is 1.74 bits per heavy atom. The summed E-state index contributed by atoms with van der Waals surface area (Å²) in [7, 11) is 1.54. The zero-order chi connectivity index (χ0) is 18.9. The molecule has 0 radical (unpaired) electrons. The monoisotopic (exact) mass is 332 g/mol. The average molecular weight is 332 g/mol. The fraction of sp³-hybridized carbons (Fsp3) is 0.800. The SMILES string of the molecule is [2H]N[C@@H](CC(=O)O)C(=O)N[C@H](C(=O)N[C@H](COC)C(C)C)C(C)C. The van der Waals surface area contributed by atoms with Crippen molar-refractivity contribution in [3.8, 4) is 0 Å². The van der Waals surface area contributed by atoms with Crippen molar-refractivity contribution in [2.75, 3.05) is 13.7 Å². The molecule has 134 valence electrons. The fourth-order valence-electron chi connectivity index (χ4n) is 1.91. The van der Waals surface area contributed by atoms with Gasteiger partial charge in [-0.25, -0.2) is 0 Å². The van der Waals surface area contributed by atoms with Gasteiger partial charge in [0.15, 0.2) is 0 Å². The van der Waals surface area contributed by atoms with Gasteiger partial charge in [-0.05, 0) is 11.8 Å². The van der Waals surface area contributed by atoms with Crippen molar-refractivity contribution in [2.45, 2.75) is 52.2 Å². The van der Waals surface area contributed by atoms with Crippen molar-refractivity contribution < 1.29 is 25.6 Å². The van der Waals surface area contributed by atoms with E-state index in [0.29, 0.717) is 6.61 Å². The third kappa shape index (κ3) is 7.94. The number of hydrogen-bond acceptors (Lipinski definition) is 5. The van der Waals surface area contributed by atoms with E-state index in [1.807, 2.05) is 19.6 Å². The molecule has 23 heavy (non-hydrogen) atoms. The maximum Gasteiger partial charge on any atom is 0.305 e. The molecule has 0 aromatic carbocycles. The number of nitrogens with two attached hydrogens (primary N) is 1. The van der Waals surface area contributed by atoms with E-state index in [4.69, 9.17) is 11.3 Å². The van der Waals surface area contributed by atoms with Crippen molar-refractivity contribution in [3.63, 3.8) is 0 Å². The molecule has 0 fully saturated rings. The van der Waals surface area contributed by atoms with Gasteiger partial charge < -0.3 is 26.2 Å². The Hall–Kier alpha value is -1.67. The summed E-state index contributed by atoms with van der Waals surface area (Å²) in [6.07, 6.45) is -0.542. The van der Waals surface area contributed by atoms with Crippen LogP contribution in [0.15, 0.2) is 0 Å². The van der Waals surface area contributed by atoms with E-state index < -0.39 is 30.4 Å². The zero-order valence-corrected chi connectivity index (χ0v) is 14.4. The molecule has 0 saturated carbocycles. The van der Waals surface area contributed by atoms with E-state index in [-0.39, 0.29) is 23.8 Å². The Kier molecular flexibility index (Phi) is 8.57. The molecular formula is C15H29N3O5. The maximum atomic E-state index is 12.5. The van der Waals surface area contributed by atoms with E-state index in [1.54, 1.807) is 21.0 Å². The Morgan fingerprint density at radius 3 is 2.13 bits per heavy atom. The van der Waals surface area contributed by atoms with Crippen LogP contribution in [0.4, 0.5) is 0 Å². The van der Waals surface area contributed by atoms with Crippen LogP contribution in [0.2, 0.25) is 1.41 Å². The molecule has 8 heteroatoms. The van der Waals surface area contributed by atoms with Crippen LogP contribution in [0, 0.1) is 11.8 Å². The second-order valence-electron chi connectivity index (χ2n) is 6.20. The Bertz CT molecular complexity index is 431. The number of carbonyl (C=O) groups is 3. The third-order valence-electron chi connectivity index (χ3n) is 3.42. The number of carboxylic acids is 1. The van der Waals surface area contributed by atoms with E-state index >= 15 is 0 Å². The van der Waals surface area contributed by atoms with Gasteiger partial charge in [-0.15, -0.1) is 0 Å². The molecule has 0 aliphatic carbocycles. The first-order valence-electron chi connectivity index (χ1n) is 8.12.